The molecule has 0 amide bonds. The van der Waals surface area contributed by atoms with Crippen molar-refractivity contribution in [1.29, 1.82) is 0 Å². The minimum atomic E-state index is -4.52. The Morgan fingerprint density at radius 1 is 1.24 bits per heavy atom. The fourth-order valence-corrected chi connectivity index (χ4v) is 6.33. The first-order valence-electron chi connectivity index (χ1n) is 12.0. The predicted molar refractivity (Wildman–Crippen MR) is 137 cm³/mol. The molecule has 0 spiro atoms. The highest BCUT2D eigenvalue weighted by Gasteiger charge is 2.57. The minimum Gasteiger partial charge on any atom is -0.394 e. The molecule has 226 valence electrons. The number of aliphatic hydroxyl groups is 2. The fraction of sp³-hybridized carbons (Fsp3) is 0.526. The average molecular weight is 634 g/mol. The summed E-state index contributed by atoms with van der Waals surface area (Å²) in [5.41, 5.74) is 1.09. The van der Waals surface area contributed by atoms with E-state index in [1.807, 2.05) is 0 Å². The van der Waals surface area contributed by atoms with Crippen LogP contribution < -0.4 is 16.9 Å². The third-order valence-corrected chi connectivity index (χ3v) is 8.31. The molecule has 4 aromatic rings. The van der Waals surface area contributed by atoms with Crippen LogP contribution in [-0.2, 0) is 36.1 Å². The van der Waals surface area contributed by atoms with Gasteiger partial charge in [-0.3, -0.25) is 23.7 Å². The van der Waals surface area contributed by atoms with Crippen molar-refractivity contribution in [3.63, 3.8) is 0 Å². The van der Waals surface area contributed by atoms with Gasteiger partial charge in [-0.25, -0.2) is 18.7 Å². The first-order valence-corrected chi connectivity index (χ1v) is 14.6. The van der Waals surface area contributed by atoms with E-state index in [-0.39, 0.29) is 28.3 Å². The number of nitrogens with zero attached hydrogens (tertiary/aromatic N) is 7. The van der Waals surface area contributed by atoms with E-state index in [0.717, 1.165) is 21.9 Å². The second-order valence-electron chi connectivity index (χ2n) is 9.31. The van der Waals surface area contributed by atoms with Gasteiger partial charge >= 0.3 is 6.72 Å². The number of alkyl halides is 2. The molecule has 8 atom stereocenters. The van der Waals surface area contributed by atoms with Gasteiger partial charge in [0.15, 0.2) is 40.9 Å². The van der Waals surface area contributed by atoms with Crippen molar-refractivity contribution in [2.75, 3.05) is 25.6 Å². The number of hydrogen-bond acceptors (Lipinski definition) is 15. The zero-order valence-electron chi connectivity index (χ0n) is 20.9. The lowest BCUT2D eigenvalue weighted by Gasteiger charge is -2.34. The molecule has 1 unspecified atom stereocenters. The summed E-state index contributed by atoms with van der Waals surface area (Å²) < 4.78 is 54.5. The van der Waals surface area contributed by atoms with Crippen LogP contribution in [0.3, 0.4) is 0 Å². The van der Waals surface area contributed by atoms with Gasteiger partial charge in [0, 0.05) is 0 Å². The SMILES string of the molecule is Nc1nc2c(ncn2[C@]2(OP(O)(=S)OC[C@H]3O[C@@H](n4nnc5c(=O)[nH]cnc54)[C@@H](F)[C@@H]3O)CO[C@H](CO)[C@@H]2F)c(=O)[nH]1. The van der Waals surface area contributed by atoms with E-state index >= 15 is 8.78 Å². The van der Waals surface area contributed by atoms with E-state index in [1.54, 1.807) is 0 Å². The molecule has 7 N–H and O–H groups in total. The van der Waals surface area contributed by atoms with Gasteiger partial charge in [-0.1, -0.05) is 5.21 Å². The number of hydrogen-bond donors (Lipinski definition) is 6. The van der Waals surface area contributed by atoms with Gasteiger partial charge in [-0.05, 0) is 11.8 Å². The standard InChI is InChI=1S/C19H21F2N10O9PS/c20-8-11(33)7(39-17(8)31-13-10(28-29-31)15(34)24-4-23-13)2-38-41(36,42)40-19(3-37-6(1-32)12(19)21)30-5-25-9-14(30)26-18(22)27-16(9)35/h4-8,11-12,17,32-33H,1-3H2,(H,36,42)(H,23,24,34)(H3,22,26,27,35)/t6-,7-,8+,11-,12+,17-,19+,41?/m1/s1. The van der Waals surface area contributed by atoms with Crippen LogP contribution in [0.2, 0.25) is 0 Å². The summed E-state index contributed by atoms with van der Waals surface area (Å²) in [6, 6.07) is 0. The van der Waals surface area contributed by atoms with Crippen LogP contribution >= 0.6 is 6.72 Å². The Kier molecular flexibility index (Phi) is 7.14. The van der Waals surface area contributed by atoms with E-state index in [0.29, 0.717) is 0 Å². The Morgan fingerprint density at radius 2 is 2.02 bits per heavy atom. The summed E-state index contributed by atoms with van der Waals surface area (Å²) in [5, 5.41) is 27.4. The highest BCUT2D eigenvalue weighted by Crippen LogP contribution is 2.54. The lowest BCUT2D eigenvalue weighted by molar-refractivity contribution is -0.0789. The number of ether oxygens (including phenoxy) is 2. The van der Waals surface area contributed by atoms with Gasteiger partial charge < -0.3 is 39.8 Å². The topological polar surface area (TPSA) is 264 Å². The second-order valence-corrected chi connectivity index (χ2v) is 12.1. The zero-order valence-corrected chi connectivity index (χ0v) is 22.6. The number of rotatable bonds is 8. The highest BCUT2D eigenvalue weighted by atomic mass is 32.5. The van der Waals surface area contributed by atoms with Gasteiger partial charge in [-0.2, -0.15) is 9.67 Å². The van der Waals surface area contributed by atoms with Crippen LogP contribution in [0, 0.1) is 0 Å². The Morgan fingerprint density at radius 3 is 2.76 bits per heavy atom. The monoisotopic (exact) mass is 634 g/mol. The van der Waals surface area contributed by atoms with Crippen LogP contribution in [-0.4, -0.2) is 110 Å². The minimum absolute atomic E-state index is 0.119. The molecule has 2 fully saturated rings. The van der Waals surface area contributed by atoms with E-state index in [4.69, 9.17) is 36.1 Å². The molecular formula is C19H21F2N10O9PS. The molecule has 6 heterocycles. The molecule has 0 radical (unpaired) electrons. The van der Waals surface area contributed by atoms with E-state index < -0.39 is 80.3 Å². The molecular weight excluding hydrogens is 613 g/mol. The maximum absolute atomic E-state index is 15.8. The third kappa shape index (κ3) is 4.60. The summed E-state index contributed by atoms with van der Waals surface area (Å²) in [4.78, 5) is 51.5. The Balaban J connectivity index is 1.25. The van der Waals surface area contributed by atoms with Crippen molar-refractivity contribution in [3.05, 3.63) is 33.4 Å². The normalized spacial score (nSPS) is 31.3. The highest BCUT2D eigenvalue weighted by molar-refractivity contribution is 8.07. The molecule has 2 saturated heterocycles. The molecule has 2 aliphatic heterocycles. The molecule has 42 heavy (non-hydrogen) atoms. The van der Waals surface area contributed by atoms with Crippen molar-refractivity contribution in [1.82, 2.24) is 44.5 Å². The number of H-pyrrole nitrogens is 2. The Bertz CT molecular complexity index is 1820. The first-order chi connectivity index (χ1) is 20.0. The maximum atomic E-state index is 15.8. The molecule has 0 aromatic carbocycles. The molecule has 0 bridgehead atoms. The molecule has 0 aliphatic carbocycles. The number of anilines is 1. The zero-order chi connectivity index (χ0) is 30.0. The molecule has 4 aromatic heterocycles. The molecule has 19 nitrogen and oxygen atoms in total. The summed E-state index contributed by atoms with van der Waals surface area (Å²) in [6.07, 6.45) is -8.60. The lowest BCUT2D eigenvalue weighted by Crippen LogP contribution is -2.46. The number of halogens is 2. The number of nitrogens with one attached hydrogen (secondary N) is 2. The number of nitrogen functional groups attached to an aromatic ring is 1. The van der Waals surface area contributed by atoms with E-state index in [2.05, 4.69) is 35.2 Å². The second kappa shape index (κ2) is 10.4. The number of imidazole rings is 1. The number of fused-ring (bicyclic) bond motifs is 2. The molecule has 0 saturated carbocycles. The average Bonchev–Trinajstić information content (AvgIpc) is 3.70. The smallest absolute Gasteiger partial charge is 0.326 e. The Hall–Kier alpha value is -3.34. The van der Waals surface area contributed by atoms with Crippen LogP contribution in [0.25, 0.3) is 22.3 Å². The quantitative estimate of drug-likeness (QED) is 0.109. The van der Waals surface area contributed by atoms with Crippen molar-refractivity contribution >= 4 is 46.8 Å². The summed E-state index contributed by atoms with van der Waals surface area (Å²) in [6.45, 7) is -6.70. The van der Waals surface area contributed by atoms with E-state index in [1.165, 1.54) is 0 Å². The van der Waals surface area contributed by atoms with Crippen LogP contribution in [0.4, 0.5) is 14.7 Å². The van der Waals surface area contributed by atoms with Crippen molar-refractivity contribution < 1.29 is 42.4 Å². The number of aromatic nitrogens is 9. The molecule has 23 heteroatoms. The van der Waals surface area contributed by atoms with Gasteiger partial charge in [0.1, 0.15) is 18.3 Å². The maximum Gasteiger partial charge on any atom is 0.326 e. The van der Waals surface area contributed by atoms with E-state index in [9.17, 15) is 24.7 Å². The summed E-state index contributed by atoms with van der Waals surface area (Å²) in [7, 11) is 0. The molecule has 6 rings (SSSR count). The largest absolute Gasteiger partial charge is 0.394 e. The van der Waals surface area contributed by atoms with Gasteiger partial charge in [0.2, 0.25) is 11.7 Å². The Labute approximate surface area is 235 Å². The van der Waals surface area contributed by atoms with Crippen molar-refractivity contribution in [2.24, 2.45) is 0 Å². The van der Waals surface area contributed by atoms with Crippen LogP contribution in [0.1, 0.15) is 6.23 Å². The van der Waals surface area contributed by atoms with Gasteiger partial charge in [0.05, 0.1) is 32.5 Å². The van der Waals surface area contributed by atoms with Crippen LogP contribution in [0.5, 0.6) is 0 Å². The van der Waals surface area contributed by atoms with Gasteiger partial charge in [-0.15, -0.1) is 5.10 Å². The number of aromatic amines is 2. The van der Waals surface area contributed by atoms with Gasteiger partial charge in [0.25, 0.3) is 11.1 Å². The number of aliphatic hydroxyl groups excluding tert-OH is 2. The summed E-state index contributed by atoms with van der Waals surface area (Å²) in [5.74, 6) is -0.334. The lowest BCUT2D eigenvalue weighted by atomic mass is 10.1. The first kappa shape index (κ1) is 28.8. The number of nitrogens with two attached hydrogens (primary N) is 1. The third-order valence-electron chi connectivity index (χ3n) is 6.75. The van der Waals surface area contributed by atoms with Crippen molar-refractivity contribution in [2.45, 2.75) is 42.6 Å². The molecule has 2 aliphatic rings. The van der Waals surface area contributed by atoms with Crippen LogP contribution in [0.15, 0.2) is 22.2 Å². The predicted octanol–water partition coefficient (Wildman–Crippen LogP) is -2.54. The summed E-state index contributed by atoms with van der Waals surface area (Å²) >= 11 is 5.10. The van der Waals surface area contributed by atoms with Crippen molar-refractivity contribution in [3.8, 4) is 0 Å². The fourth-order valence-electron chi connectivity index (χ4n) is 4.73.